The minimum atomic E-state index is 0.317. The molecule has 1 aliphatic carbocycles. The first kappa shape index (κ1) is 20.5. The van der Waals surface area contributed by atoms with Crippen LogP contribution in [-0.2, 0) is 14.2 Å². The van der Waals surface area contributed by atoms with E-state index in [1.165, 1.54) is 25.7 Å². The maximum Gasteiger partial charge on any atom is 0.191 e. The predicted molar refractivity (Wildman–Crippen MR) is 101 cm³/mol. The zero-order valence-corrected chi connectivity index (χ0v) is 16.1. The van der Waals surface area contributed by atoms with E-state index >= 15 is 0 Å². The average molecular weight is 356 g/mol. The molecule has 1 saturated carbocycles. The third-order valence-corrected chi connectivity index (χ3v) is 5.25. The quantitative estimate of drug-likeness (QED) is 0.320. The molecule has 2 fully saturated rings. The highest BCUT2D eigenvalue weighted by Gasteiger charge is 2.36. The highest BCUT2D eigenvalue weighted by atomic mass is 16.5. The van der Waals surface area contributed by atoms with Crippen molar-refractivity contribution in [3.05, 3.63) is 0 Å². The monoisotopic (exact) mass is 355 g/mol. The summed E-state index contributed by atoms with van der Waals surface area (Å²) in [4.78, 5) is 4.82. The molecular weight excluding hydrogens is 318 g/mol. The fraction of sp³-hybridized carbons (Fsp3) is 0.947. The van der Waals surface area contributed by atoms with Crippen LogP contribution in [0.3, 0.4) is 0 Å². The van der Waals surface area contributed by atoms with Crippen molar-refractivity contribution in [2.24, 2.45) is 10.4 Å². The molecule has 0 spiro atoms. The molecule has 25 heavy (non-hydrogen) atoms. The number of rotatable bonds is 12. The summed E-state index contributed by atoms with van der Waals surface area (Å²) in [5.41, 5.74) is 0.364. The maximum atomic E-state index is 5.71. The van der Waals surface area contributed by atoms with Gasteiger partial charge in [0, 0.05) is 46.6 Å². The van der Waals surface area contributed by atoms with Gasteiger partial charge in [-0.25, -0.2) is 0 Å². The lowest BCUT2D eigenvalue weighted by Crippen LogP contribution is -2.40. The van der Waals surface area contributed by atoms with E-state index in [9.17, 15) is 0 Å². The Morgan fingerprint density at radius 2 is 2.12 bits per heavy atom. The van der Waals surface area contributed by atoms with E-state index in [4.69, 9.17) is 19.2 Å². The van der Waals surface area contributed by atoms with E-state index in [0.717, 1.165) is 71.3 Å². The fourth-order valence-corrected chi connectivity index (χ4v) is 3.44. The van der Waals surface area contributed by atoms with Gasteiger partial charge in [-0.05, 0) is 50.9 Å². The third-order valence-electron chi connectivity index (χ3n) is 5.25. The van der Waals surface area contributed by atoms with Crippen molar-refractivity contribution in [2.45, 2.75) is 58.0 Å². The zero-order chi connectivity index (χ0) is 17.8. The molecule has 2 N–H and O–H groups in total. The summed E-state index contributed by atoms with van der Waals surface area (Å²) in [5.74, 6) is 0.922. The maximum absolute atomic E-state index is 5.71. The molecule has 1 unspecified atom stereocenters. The van der Waals surface area contributed by atoms with Gasteiger partial charge in [0.15, 0.2) is 5.96 Å². The first-order valence-electron chi connectivity index (χ1n) is 9.98. The summed E-state index contributed by atoms with van der Waals surface area (Å²) in [6.45, 7) is 7.98. The molecule has 6 heteroatoms. The Kier molecular flexibility index (Phi) is 9.58. The van der Waals surface area contributed by atoms with E-state index in [-0.39, 0.29) is 0 Å². The second-order valence-electron chi connectivity index (χ2n) is 7.28. The van der Waals surface area contributed by atoms with Gasteiger partial charge in [0.1, 0.15) is 0 Å². The van der Waals surface area contributed by atoms with Crippen LogP contribution in [0.25, 0.3) is 0 Å². The smallest absolute Gasteiger partial charge is 0.191 e. The number of nitrogens with one attached hydrogen (secondary N) is 2. The molecule has 6 nitrogen and oxygen atoms in total. The number of aliphatic imine (C=N–C) groups is 1. The highest BCUT2D eigenvalue weighted by Crippen LogP contribution is 2.44. The first-order chi connectivity index (χ1) is 12.3. The number of hydrogen-bond acceptors (Lipinski definition) is 4. The number of nitrogens with zero attached hydrogens (tertiary/aromatic N) is 1. The Hall–Kier alpha value is -0.850. The molecule has 0 bridgehead atoms. The molecular formula is C19H37N3O3. The largest absolute Gasteiger partial charge is 0.385 e. The van der Waals surface area contributed by atoms with Gasteiger partial charge in [-0.15, -0.1) is 0 Å². The van der Waals surface area contributed by atoms with Crippen molar-refractivity contribution in [1.82, 2.24) is 10.6 Å². The number of methoxy groups -OCH3 is 1. The van der Waals surface area contributed by atoms with Crippen LogP contribution in [0.1, 0.15) is 51.9 Å². The molecule has 2 rings (SSSR count). The predicted octanol–water partition coefficient (Wildman–Crippen LogP) is 2.33. The van der Waals surface area contributed by atoms with E-state index in [1.807, 2.05) is 0 Å². The summed E-state index contributed by atoms with van der Waals surface area (Å²) in [6.07, 6.45) is 8.59. The Morgan fingerprint density at radius 3 is 2.76 bits per heavy atom. The van der Waals surface area contributed by atoms with Gasteiger partial charge in [-0.1, -0.05) is 6.42 Å². The van der Waals surface area contributed by atoms with E-state index in [2.05, 4.69) is 17.6 Å². The summed E-state index contributed by atoms with van der Waals surface area (Å²) in [7, 11) is 1.78. The van der Waals surface area contributed by atoms with Crippen LogP contribution in [0.15, 0.2) is 4.99 Å². The normalized spacial score (nSPS) is 22.6. The van der Waals surface area contributed by atoms with Crippen molar-refractivity contribution in [3.8, 4) is 0 Å². The summed E-state index contributed by atoms with van der Waals surface area (Å²) in [5, 5.41) is 6.76. The summed E-state index contributed by atoms with van der Waals surface area (Å²) in [6, 6.07) is 0. The Labute approximate surface area is 153 Å². The molecule has 0 amide bonds. The van der Waals surface area contributed by atoms with Crippen LogP contribution < -0.4 is 10.6 Å². The molecule has 1 saturated heterocycles. The Morgan fingerprint density at radius 1 is 1.24 bits per heavy atom. The minimum Gasteiger partial charge on any atom is -0.385 e. The van der Waals surface area contributed by atoms with Gasteiger partial charge >= 0.3 is 0 Å². The highest BCUT2D eigenvalue weighted by molar-refractivity contribution is 5.79. The van der Waals surface area contributed by atoms with Crippen molar-refractivity contribution >= 4 is 5.96 Å². The van der Waals surface area contributed by atoms with Crippen LogP contribution in [0.5, 0.6) is 0 Å². The second kappa shape index (κ2) is 11.7. The molecule has 0 aromatic rings. The molecule has 1 atom stereocenters. The van der Waals surface area contributed by atoms with Gasteiger partial charge in [0.05, 0.1) is 12.7 Å². The molecule has 0 aromatic heterocycles. The third kappa shape index (κ3) is 7.50. The summed E-state index contributed by atoms with van der Waals surface area (Å²) >= 11 is 0. The minimum absolute atomic E-state index is 0.317. The molecule has 146 valence electrons. The first-order valence-corrected chi connectivity index (χ1v) is 9.98. The van der Waals surface area contributed by atoms with Gasteiger partial charge < -0.3 is 24.8 Å². The van der Waals surface area contributed by atoms with Crippen molar-refractivity contribution < 1.29 is 14.2 Å². The SMILES string of the molecule is CCNC(=NCC1(CCOC)CCC1)NCCCOCC1CCCO1. The fourth-order valence-electron chi connectivity index (χ4n) is 3.44. The van der Waals surface area contributed by atoms with Crippen molar-refractivity contribution in [1.29, 1.82) is 0 Å². The Bertz CT molecular complexity index is 380. The molecule has 1 aliphatic heterocycles. The van der Waals surface area contributed by atoms with Gasteiger partial charge in [-0.2, -0.15) is 0 Å². The van der Waals surface area contributed by atoms with E-state index < -0.39 is 0 Å². The van der Waals surface area contributed by atoms with Crippen LogP contribution in [0, 0.1) is 5.41 Å². The number of hydrogen-bond donors (Lipinski definition) is 2. The van der Waals surface area contributed by atoms with Gasteiger partial charge in [-0.3, -0.25) is 4.99 Å². The zero-order valence-electron chi connectivity index (χ0n) is 16.1. The molecule has 2 aliphatic rings. The van der Waals surface area contributed by atoms with Gasteiger partial charge in [0.25, 0.3) is 0 Å². The van der Waals surface area contributed by atoms with Crippen LogP contribution in [0.2, 0.25) is 0 Å². The van der Waals surface area contributed by atoms with Crippen molar-refractivity contribution in [2.75, 3.05) is 53.2 Å². The lowest BCUT2D eigenvalue weighted by molar-refractivity contribution is 0.0168. The molecule has 0 radical (unpaired) electrons. The number of ether oxygens (including phenoxy) is 3. The van der Waals surface area contributed by atoms with Crippen LogP contribution >= 0.6 is 0 Å². The second-order valence-corrected chi connectivity index (χ2v) is 7.28. The lowest BCUT2D eigenvalue weighted by Gasteiger charge is -2.40. The standard InChI is InChI=1S/C19H37N3O3/c1-3-20-18(22-16-19(8-5-9-19)10-14-23-2)21-11-6-12-24-15-17-7-4-13-25-17/h17H,3-16H2,1-2H3,(H2,20,21,22). The van der Waals surface area contributed by atoms with E-state index in [0.29, 0.717) is 11.5 Å². The molecule has 1 heterocycles. The van der Waals surface area contributed by atoms with E-state index in [1.54, 1.807) is 7.11 Å². The molecule has 0 aromatic carbocycles. The van der Waals surface area contributed by atoms with Gasteiger partial charge in [0.2, 0.25) is 0 Å². The van der Waals surface area contributed by atoms with Crippen molar-refractivity contribution in [3.63, 3.8) is 0 Å². The van der Waals surface area contributed by atoms with Crippen LogP contribution in [0.4, 0.5) is 0 Å². The Balaban J connectivity index is 1.61. The average Bonchev–Trinajstić information content (AvgIpc) is 3.10. The summed E-state index contributed by atoms with van der Waals surface area (Å²) < 4.78 is 16.5. The van der Waals surface area contributed by atoms with Crippen LogP contribution in [-0.4, -0.2) is 65.2 Å². The topological polar surface area (TPSA) is 64.1 Å². The number of guanidine groups is 1. The lowest BCUT2D eigenvalue weighted by atomic mass is 9.67.